The topological polar surface area (TPSA) is 76.1 Å². The van der Waals surface area contributed by atoms with E-state index in [0.29, 0.717) is 5.06 Å². The van der Waals surface area contributed by atoms with Crippen molar-refractivity contribution in [3.8, 4) is 0 Å². The van der Waals surface area contributed by atoms with Gasteiger partial charge in [0.05, 0.1) is 12.1 Å². The summed E-state index contributed by atoms with van der Waals surface area (Å²) in [5.41, 5.74) is -1.30. The van der Waals surface area contributed by atoms with E-state index in [1.165, 1.54) is 11.0 Å². The molecule has 9 heteroatoms. The number of halogens is 2. The van der Waals surface area contributed by atoms with Crippen molar-refractivity contribution in [2.75, 3.05) is 0 Å². The molecule has 7 nitrogen and oxygen atoms in total. The summed E-state index contributed by atoms with van der Waals surface area (Å²) in [6.45, 7) is 3.17. The SMILES string of the molecule is CC1(C)[C@H](N(O)C(=O)NC2CCCCC2)N(C2CCCCC2)C(=O)N1Cc1c(F)cccc1F. The number of amides is 4. The zero-order valence-electron chi connectivity index (χ0n) is 20.1. The monoisotopic (exact) mass is 478 g/mol. The lowest BCUT2D eigenvalue weighted by molar-refractivity contribution is -0.141. The van der Waals surface area contributed by atoms with E-state index in [4.69, 9.17) is 0 Å². The van der Waals surface area contributed by atoms with E-state index in [1.807, 2.05) is 0 Å². The molecule has 188 valence electrons. The molecule has 0 unspecified atom stereocenters. The number of hydrogen-bond acceptors (Lipinski definition) is 3. The maximum absolute atomic E-state index is 14.5. The van der Waals surface area contributed by atoms with Crippen LogP contribution in [-0.2, 0) is 6.54 Å². The lowest BCUT2D eigenvalue weighted by Gasteiger charge is -2.41. The van der Waals surface area contributed by atoms with E-state index in [2.05, 4.69) is 5.32 Å². The van der Waals surface area contributed by atoms with Gasteiger partial charge in [-0.05, 0) is 51.7 Å². The Morgan fingerprint density at radius 1 is 1.06 bits per heavy atom. The Kier molecular flexibility index (Phi) is 7.31. The third-order valence-electron chi connectivity index (χ3n) is 7.76. The largest absolute Gasteiger partial charge is 0.343 e. The molecule has 2 saturated carbocycles. The predicted molar refractivity (Wildman–Crippen MR) is 123 cm³/mol. The zero-order chi connectivity index (χ0) is 24.5. The average Bonchev–Trinajstić information content (AvgIpc) is 3.02. The van der Waals surface area contributed by atoms with Crippen LogP contribution in [0.4, 0.5) is 18.4 Å². The fraction of sp³-hybridized carbons (Fsp3) is 0.680. The highest BCUT2D eigenvalue weighted by Crippen LogP contribution is 2.40. The van der Waals surface area contributed by atoms with E-state index >= 15 is 0 Å². The Hall–Kier alpha value is -2.42. The molecule has 0 radical (unpaired) electrons. The van der Waals surface area contributed by atoms with Gasteiger partial charge >= 0.3 is 12.1 Å². The number of urea groups is 2. The number of hydroxylamine groups is 2. The number of nitrogens with zero attached hydrogens (tertiary/aromatic N) is 3. The van der Waals surface area contributed by atoms with Crippen LogP contribution in [-0.4, -0.2) is 55.9 Å². The first-order valence-corrected chi connectivity index (χ1v) is 12.5. The van der Waals surface area contributed by atoms with Gasteiger partial charge in [0.1, 0.15) is 11.6 Å². The fourth-order valence-electron chi connectivity index (χ4n) is 5.81. The van der Waals surface area contributed by atoms with Crippen molar-refractivity contribution in [1.82, 2.24) is 20.2 Å². The van der Waals surface area contributed by atoms with Crippen LogP contribution in [0.15, 0.2) is 18.2 Å². The second-order valence-electron chi connectivity index (χ2n) is 10.4. The van der Waals surface area contributed by atoms with Crippen LogP contribution < -0.4 is 5.32 Å². The van der Waals surface area contributed by atoms with Gasteiger partial charge in [-0.25, -0.2) is 18.4 Å². The smallest absolute Gasteiger partial charge is 0.333 e. The Balaban J connectivity index is 1.63. The maximum atomic E-state index is 14.5. The van der Waals surface area contributed by atoms with Crippen molar-refractivity contribution in [2.45, 2.75) is 108 Å². The Morgan fingerprint density at radius 3 is 2.21 bits per heavy atom. The fourth-order valence-corrected chi connectivity index (χ4v) is 5.81. The van der Waals surface area contributed by atoms with Crippen molar-refractivity contribution in [3.05, 3.63) is 35.4 Å². The summed E-state index contributed by atoms with van der Waals surface area (Å²) < 4.78 is 28.9. The number of hydrogen-bond donors (Lipinski definition) is 2. The highest BCUT2D eigenvalue weighted by molar-refractivity contribution is 5.81. The molecule has 1 saturated heterocycles. The summed E-state index contributed by atoms with van der Waals surface area (Å²) in [5, 5.41) is 14.7. The summed E-state index contributed by atoms with van der Waals surface area (Å²) in [7, 11) is 0. The molecule has 1 aromatic rings. The minimum atomic E-state index is -1.10. The number of rotatable bonds is 5. The quantitative estimate of drug-likeness (QED) is 0.441. The minimum absolute atomic E-state index is 0.0112. The molecule has 34 heavy (non-hydrogen) atoms. The summed E-state index contributed by atoms with van der Waals surface area (Å²) in [4.78, 5) is 29.7. The lowest BCUT2D eigenvalue weighted by Crippen LogP contribution is -2.61. The van der Waals surface area contributed by atoms with E-state index in [9.17, 15) is 23.6 Å². The molecule has 3 fully saturated rings. The Bertz CT molecular complexity index is 880. The predicted octanol–water partition coefficient (Wildman–Crippen LogP) is 5.37. The van der Waals surface area contributed by atoms with Gasteiger partial charge in [0.15, 0.2) is 6.17 Å². The van der Waals surface area contributed by atoms with E-state index in [1.54, 1.807) is 18.7 Å². The van der Waals surface area contributed by atoms with Gasteiger partial charge in [0.2, 0.25) is 0 Å². The Labute approximate surface area is 200 Å². The molecular formula is C25H36F2N4O3. The average molecular weight is 479 g/mol. The van der Waals surface area contributed by atoms with Crippen molar-refractivity contribution >= 4 is 12.1 Å². The van der Waals surface area contributed by atoms with Gasteiger partial charge in [-0.1, -0.05) is 44.6 Å². The highest BCUT2D eigenvalue weighted by atomic mass is 19.1. The van der Waals surface area contributed by atoms with E-state index in [-0.39, 0.29) is 24.2 Å². The summed E-state index contributed by atoms with van der Waals surface area (Å²) in [5.74, 6) is -1.46. The molecular weight excluding hydrogens is 442 g/mol. The molecule has 1 aromatic carbocycles. The molecule has 2 N–H and O–H groups in total. The van der Waals surface area contributed by atoms with Crippen LogP contribution in [0.25, 0.3) is 0 Å². The van der Waals surface area contributed by atoms with Crippen LogP contribution in [0, 0.1) is 11.6 Å². The van der Waals surface area contributed by atoms with Gasteiger partial charge in [0, 0.05) is 17.6 Å². The van der Waals surface area contributed by atoms with E-state index < -0.39 is 35.4 Å². The molecule has 2 aliphatic carbocycles. The van der Waals surface area contributed by atoms with E-state index in [0.717, 1.165) is 76.3 Å². The number of benzene rings is 1. The van der Waals surface area contributed by atoms with Crippen molar-refractivity contribution in [2.24, 2.45) is 0 Å². The van der Waals surface area contributed by atoms with Crippen molar-refractivity contribution < 1.29 is 23.6 Å². The number of nitrogens with one attached hydrogen (secondary N) is 1. The van der Waals surface area contributed by atoms with Crippen LogP contribution in [0.2, 0.25) is 0 Å². The van der Waals surface area contributed by atoms with Gasteiger partial charge in [-0.2, -0.15) is 5.06 Å². The standard InChI is InChI=1S/C25H36F2N4O3/c1-25(2)22(31(34)23(32)28-17-10-5-3-6-11-17)30(18-12-7-4-8-13-18)24(33)29(25)16-19-20(26)14-9-15-21(19)27/h9,14-15,17-18,22,34H,3-8,10-13,16H2,1-2H3,(H,28,32)/t22-/m0/s1. The van der Waals surface area contributed by atoms with Crippen molar-refractivity contribution in [1.29, 1.82) is 0 Å². The van der Waals surface area contributed by atoms with Crippen LogP contribution in [0.3, 0.4) is 0 Å². The number of carbonyl (C=O) groups excluding carboxylic acids is 2. The summed E-state index contributed by atoms with van der Waals surface area (Å²) >= 11 is 0. The lowest BCUT2D eigenvalue weighted by atomic mass is 9.92. The van der Waals surface area contributed by atoms with Crippen LogP contribution in [0.5, 0.6) is 0 Å². The van der Waals surface area contributed by atoms with Crippen molar-refractivity contribution in [3.63, 3.8) is 0 Å². The molecule has 0 bridgehead atoms. The van der Waals surface area contributed by atoms with Gasteiger partial charge in [-0.15, -0.1) is 0 Å². The molecule has 1 atom stereocenters. The normalized spacial score (nSPS) is 23.9. The number of carbonyl (C=O) groups is 2. The molecule has 0 spiro atoms. The molecule has 1 heterocycles. The Morgan fingerprint density at radius 2 is 1.62 bits per heavy atom. The molecule has 4 amide bonds. The molecule has 0 aromatic heterocycles. The minimum Gasteiger partial charge on any atom is -0.333 e. The third-order valence-corrected chi connectivity index (χ3v) is 7.76. The summed E-state index contributed by atoms with van der Waals surface area (Å²) in [6.07, 6.45) is 8.41. The molecule has 3 aliphatic rings. The third kappa shape index (κ3) is 4.72. The van der Waals surface area contributed by atoms with Crippen LogP contribution >= 0.6 is 0 Å². The van der Waals surface area contributed by atoms with Gasteiger partial charge in [0.25, 0.3) is 0 Å². The maximum Gasteiger partial charge on any atom is 0.343 e. The molecule has 1 aliphatic heterocycles. The first-order valence-electron chi connectivity index (χ1n) is 12.5. The van der Waals surface area contributed by atoms with Gasteiger partial charge < -0.3 is 10.2 Å². The first kappa shape index (κ1) is 24.7. The second kappa shape index (κ2) is 10.1. The summed E-state index contributed by atoms with van der Waals surface area (Å²) in [6, 6.07) is 2.39. The zero-order valence-corrected chi connectivity index (χ0v) is 20.1. The van der Waals surface area contributed by atoms with Crippen LogP contribution in [0.1, 0.15) is 83.6 Å². The van der Waals surface area contributed by atoms with Gasteiger partial charge in [-0.3, -0.25) is 10.1 Å². The first-order chi connectivity index (χ1) is 16.2. The highest BCUT2D eigenvalue weighted by Gasteiger charge is 2.57. The second-order valence-corrected chi connectivity index (χ2v) is 10.4. The molecule has 4 rings (SSSR count).